The van der Waals surface area contributed by atoms with E-state index in [0.717, 1.165) is 12.1 Å². The summed E-state index contributed by atoms with van der Waals surface area (Å²) >= 11 is 0. The Bertz CT molecular complexity index is 574. The molecule has 3 rings (SSSR count). The van der Waals surface area contributed by atoms with E-state index in [1.54, 1.807) is 16.8 Å². The zero-order valence-corrected chi connectivity index (χ0v) is 11.6. The number of nitrogens with zero attached hydrogens (tertiary/aromatic N) is 4. The molecule has 0 amide bonds. The minimum atomic E-state index is 0.604. The molecule has 5 heteroatoms. The summed E-state index contributed by atoms with van der Waals surface area (Å²) in [5.74, 6) is 0.642. The summed E-state index contributed by atoms with van der Waals surface area (Å²) in [5, 5.41) is 4.34. The van der Waals surface area contributed by atoms with E-state index in [-0.39, 0.29) is 0 Å². The molecule has 2 aromatic heterocycles. The van der Waals surface area contributed by atoms with Gasteiger partial charge in [-0.05, 0) is 45.7 Å². The molecule has 1 aliphatic rings. The Balaban J connectivity index is 1.87. The first-order valence-corrected chi connectivity index (χ1v) is 6.99. The van der Waals surface area contributed by atoms with Crippen molar-refractivity contribution in [2.45, 2.75) is 45.2 Å². The summed E-state index contributed by atoms with van der Waals surface area (Å²) < 4.78 is 1.73. The second-order valence-electron chi connectivity index (χ2n) is 5.61. The van der Waals surface area contributed by atoms with Gasteiger partial charge in [0.1, 0.15) is 5.82 Å². The van der Waals surface area contributed by atoms with Gasteiger partial charge in [0.05, 0.1) is 6.20 Å². The van der Waals surface area contributed by atoms with Crippen LogP contribution < -0.4 is 5.73 Å². The first-order valence-electron chi connectivity index (χ1n) is 6.99. The molecule has 0 spiro atoms. The van der Waals surface area contributed by atoms with E-state index >= 15 is 0 Å². The van der Waals surface area contributed by atoms with Gasteiger partial charge in [0, 0.05) is 23.8 Å². The molecule has 1 atom stereocenters. The highest BCUT2D eigenvalue weighted by Crippen LogP contribution is 2.24. The van der Waals surface area contributed by atoms with Crippen LogP contribution in [0.5, 0.6) is 0 Å². The summed E-state index contributed by atoms with van der Waals surface area (Å²) in [7, 11) is 0. The molecule has 1 unspecified atom stereocenters. The molecule has 2 aromatic rings. The molecule has 19 heavy (non-hydrogen) atoms. The van der Waals surface area contributed by atoms with Crippen molar-refractivity contribution in [2.24, 2.45) is 0 Å². The summed E-state index contributed by atoms with van der Waals surface area (Å²) in [5.41, 5.74) is 8.00. The number of nitrogen functional groups attached to an aromatic ring is 1. The highest BCUT2D eigenvalue weighted by Gasteiger charge is 2.27. The SMILES string of the molecule is CC(C)N1CCCC1Cc1cnn2c(N)ccnc12. The summed E-state index contributed by atoms with van der Waals surface area (Å²) in [4.78, 5) is 7.00. The molecule has 0 saturated carbocycles. The van der Waals surface area contributed by atoms with Crippen molar-refractivity contribution in [3.05, 3.63) is 24.0 Å². The van der Waals surface area contributed by atoms with Crippen LogP contribution in [-0.4, -0.2) is 38.1 Å². The van der Waals surface area contributed by atoms with Gasteiger partial charge in [-0.15, -0.1) is 0 Å². The van der Waals surface area contributed by atoms with Gasteiger partial charge in [0.2, 0.25) is 0 Å². The molecule has 1 aliphatic heterocycles. The monoisotopic (exact) mass is 259 g/mol. The van der Waals surface area contributed by atoms with E-state index in [0.29, 0.717) is 17.9 Å². The third-order valence-corrected chi connectivity index (χ3v) is 4.05. The number of aromatic nitrogens is 3. The molecule has 3 heterocycles. The maximum absolute atomic E-state index is 5.90. The maximum atomic E-state index is 5.90. The van der Waals surface area contributed by atoms with Crippen LogP contribution in [0.4, 0.5) is 5.82 Å². The lowest BCUT2D eigenvalue weighted by molar-refractivity contribution is 0.203. The second kappa shape index (κ2) is 4.81. The molecule has 1 fully saturated rings. The van der Waals surface area contributed by atoms with Gasteiger partial charge < -0.3 is 5.73 Å². The van der Waals surface area contributed by atoms with Gasteiger partial charge in [-0.3, -0.25) is 4.90 Å². The van der Waals surface area contributed by atoms with Crippen LogP contribution in [0.25, 0.3) is 5.65 Å². The van der Waals surface area contributed by atoms with Crippen molar-refractivity contribution in [1.82, 2.24) is 19.5 Å². The Kier molecular flexibility index (Phi) is 3.14. The van der Waals surface area contributed by atoms with Gasteiger partial charge >= 0.3 is 0 Å². The Labute approximate surface area is 113 Å². The van der Waals surface area contributed by atoms with Gasteiger partial charge in [0.25, 0.3) is 0 Å². The Morgan fingerprint density at radius 1 is 1.47 bits per heavy atom. The number of anilines is 1. The van der Waals surface area contributed by atoms with Crippen molar-refractivity contribution < 1.29 is 0 Å². The van der Waals surface area contributed by atoms with Crippen LogP contribution in [0.1, 0.15) is 32.3 Å². The number of fused-ring (bicyclic) bond motifs is 1. The summed E-state index contributed by atoms with van der Waals surface area (Å²) in [6.07, 6.45) is 7.23. The number of likely N-dealkylation sites (tertiary alicyclic amines) is 1. The fraction of sp³-hybridized carbons (Fsp3) is 0.571. The number of hydrogen-bond donors (Lipinski definition) is 1. The fourth-order valence-corrected chi connectivity index (χ4v) is 3.11. The molecular formula is C14H21N5. The average molecular weight is 259 g/mol. The van der Waals surface area contributed by atoms with Crippen LogP contribution in [0.15, 0.2) is 18.5 Å². The van der Waals surface area contributed by atoms with Gasteiger partial charge in [0.15, 0.2) is 5.65 Å². The quantitative estimate of drug-likeness (QED) is 0.912. The third kappa shape index (κ3) is 2.18. The molecule has 2 N–H and O–H groups in total. The molecule has 0 aliphatic carbocycles. The van der Waals surface area contributed by atoms with Crippen molar-refractivity contribution in [3.63, 3.8) is 0 Å². The number of rotatable bonds is 3. The normalized spacial score (nSPS) is 20.7. The average Bonchev–Trinajstić information content (AvgIpc) is 2.98. The lowest BCUT2D eigenvalue weighted by atomic mass is 10.1. The predicted octanol–water partition coefficient (Wildman–Crippen LogP) is 1.73. The van der Waals surface area contributed by atoms with E-state index in [1.165, 1.54) is 24.9 Å². The van der Waals surface area contributed by atoms with E-state index in [1.807, 2.05) is 6.20 Å². The third-order valence-electron chi connectivity index (χ3n) is 4.05. The Morgan fingerprint density at radius 2 is 2.32 bits per heavy atom. The largest absolute Gasteiger partial charge is 0.384 e. The van der Waals surface area contributed by atoms with Gasteiger partial charge in [-0.2, -0.15) is 9.61 Å². The first-order chi connectivity index (χ1) is 9.16. The second-order valence-corrected chi connectivity index (χ2v) is 5.61. The van der Waals surface area contributed by atoms with E-state index < -0.39 is 0 Å². The number of hydrogen-bond acceptors (Lipinski definition) is 4. The van der Waals surface area contributed by atoms with Crippen LogP contribution in [-0.2, 0) is 6.42 Å². The molecule has 0 bridgehead atoms. The molecule has 0 aromatic carbocycles. The zero-order chi connectivity index (χ0) is 13.4. The zero-order valence-electron chi connectivity index (χ0n) is 11.6. The Hall–Kier alpha value is -1.62. The number of nitrogens with two attached hydrogens (primary N) is 1. The van der Waals surface area contributed by atoms with Crippen LogP contribution in [0.3, 0.4) is 0 Å². The van der Waals surface area contributed by atoms with Crippen molar-refractivity contribution in [1.29, 1.82) is 0 Å². The summed E-state index contributed by atoms with van der Waals surface area (Å²) in [6.45, 7) is 5.74. The maximum Gasteiger partial charge on any atom is 0.160 e. The van der Waals surface area contributed by atoms with Crippen LogP contribution in [0.2, 0.25) is 0 Å². The standard InChI is InChI=1S/C14H21N5/c1-10(2)18-7-3-4-12(18)8-11-9-17-19-13(15)5-6-16-14(11)19/h5-6,9-10,12H,3-4,7-8,15H2,1-2H3. The predicted molar refractivity (Wildman–Crippen MR) is 76.0 cm³/mol. The molecule has 0 radical (unpaired) electrons. The van der Waals surface area contributed by atoms with Gasteiger partial charge in [-0.1, -0.05) is 0 Å². The minimum absolute atomic E-state index is 0.604. The van der Waals surface area contributed by atoms with Crippen LogP contribution in [0, 0.1) is 0 Å². The van der Waals surface area contributed by atoms with Gasteiger partial charge in [-0.25, -0.2) is 4.98 Å². The highest BCUT2D eigenvalue weighted by atomic mass is 15.3. The lowest BCUT2D eigenvalue weighted by Crippen LogP contribution is -2.36. The van der Waals surface area contributed by atoms with E-state index in [2.05, 4.69) is 28.8 Å². The van der Waals surface area contributed by atoms with Crippen molar-refractivity contribution in [2.75, 3.05) is 12.3 Å². The fourth-order valence-electron chi connectivity index (χ4n) is 3.11. The molecule has 1 saturated heterocycles. The van der Waals surface area contributed by atoms with Crippen LogP contribution >= 0.6 is 0 Å². The highest BCUT2D eigenvalue weighted by molar-refractivity contribution is 5.51. The van der Waals surface area contributed by atoms with Crippen molar-refractivity contribution >= 4 is 11.5 Å². The molecule has 5 nitrogen and oxygen atoms in total. The Morgan fingerprint density at radius 3 is 3.11 bits per heavy atom. The first kappa shape index (κ1) is 12.4. The molecular weight excluding hydrogens is 238 g/mol. The smallest absolute Gasteiger partial charge is 0.160 e. The topological polar surface area (TPSA) is 59.5 Å². The summed E-state index contributed by atoms with van der Waals surface area (Å²) in [6, 6.07) is 2.99. The minimum Gasteiger partial charge on any atom is -0.384 e. The van der Waals surface area contributed by atoms with Crippen molar-refractivity contribution in [3.8, 4) is 0 Å². The molecule has 102 valence electrons. The van der Waals surface area contributed by atoms with E-state index in [9.17, 15) is 0 Å². The van der Waals surface area contributed by atoms with E-state index in [4.69, 9.17) is 5.73 Å². The lowest BCUT2D eigenvalue weighted by Gasteiger charge is -2.27.